The Morgan fingerprint density at radius 1 is 1.19 bits per heavy atom. The van der Waals surface area contributed by atoms with E-state index in [0.717, 1.165) is 30.6 Å². The fraction of sp³-hybridized carbons (Fsp3) is 0.538. The summed E-state index contributed by atoms with van der Waals surface area (Å²) in [7, 11) is -3.71. The molecule has 1 heterocycles. The predicted octanol–water partition coefficient (Wildman–Crippen LogP) is 2.38. The molecule has 2 aliphatic rings. The average Bonchev–Trinajstić information content (AvgIpc) is 2.85. The molecule has 1 aliphatic heterocycles. The van der Waals surface area contributed by atoms with Gasteiger partial charge in [0.05, 0.1) is 17.5 Å². The number of sulfonamides is 1. The molecule has 2 unspecified atom stereocenters. The van der Waals surface area contributed by atoms with Gasteiger partial charge in [-0.15, -0.1) is 0 Å². The van der Waals surface area contributed by atoms with E-state index in [0.29, 0.717) is 24.2 Å². The Balaban J connectivity index is 1.88. The van der Waals surface area contributed by atoms with Crippen LogP contribution in [0.15, 0.2) is 31.8 Å². The molecule has 0 amide bonds. The zero-order valence-corrected chi connectivity index (χ0v) is 13.0. The highest BCUT2D eigenvalue weighted by atomic mass is 32.2. The maximum absolute atomic E-state index is 12.6. The van der Waals surface area contributed by atoms with Crippen molar-refractivity contribution >= 4 is 32.8 Å². The normalized spacial score (nSPS) is 25.2. The highest BCUT2D eigenvalue weighted by molar-refractivity contribution is 7.89. The Bertz CT molecular complexity index is 711. The van der Waals surface area contributed by atoms with Crippen molar-refractivity contribution in [2.45, 2.75) is 49.1 Å². The van der Waals surface area contributed by atoms with E-state index >= 15 is 0 Å². The summed E-state index contributed by atoms with van der Waals surface area (Å²) < 4.78 is 35.9. The minimum atomic E-state index is -3.71. The van der Waals surface area contributed by atoms with E-state index in [1.54, 1.807) is 12.1 Å². The Hall–Kier alpha value is -1.09. The van der Waals surface area contributed by atoms with Crippen LogP contribution in [0.3, 0.4) is 0 Å². The molecule has 0 bridgehead atoms. The maximum Gasteiger partial charge on any atom is 0.243 e. The summed E-state index contributed by atoms with van der Waals surface area (Å²) in [4.78, 5) is 0.130. The van der Waals surface area contributed by atoms with Gasteiger partial charge >= 0.3 is 0 Å². The maximum atomic E-state index is 12.6. The second-order valence-corrected chi connectivity index (χ2v) is 7.53. The molecular weight excluding hydrogens is 310 g/mol. The molecule has 1 fully saturated rings. The lowest BCUT2D eigenvalue weighted by atomic mass is 10.1. The van der Waals surface area contributed by atoms with Crippen LogP contribution in [0.4, 0.5) is 11.4 Å². The SMILES string of the molecule is O=S(=O)(NC1CCCCCC1O)c1cccc2c1N=S=N2. The standard InChI is InChI=1S/C13H17N3O3S2/c17-11-7-3-1-2-5-9(11)16-21(18,19)12-8-4-6-10-13(12)15-20-14-10/h4,6,8-9,11,16-17H,1-3,5,7H2. The number of nitrogens with zero attached hydrogens (tertiary/aromatic N) is 2. The monoisotopic (exact) mass is 327 g/mol. The van der Waals surface area contributed by atoms with Crippen LogP contribution in [0, 0.1) is 0 Å². The van der Waals surface area contributed by atoms with Crippen LogP contribution in [0.1, 0.15) is 32.1 Å². The highest BCUT2D eigenvalue weighted by Gasteiger charge is 2.29. The summed E-state index contributed by atoms with van der Waals surface area (Å²) in [5, 5.41) is 10.1. The Morgan fingerprint density at radius 2 is 2.00 bits per heavy atom. The highest BCUT2D eigenvalue weighted by Crippen LogP contribution is 2.37. The summed E-state index contributed by atoms with van der Waals surface area (Å²) >= 11 is 0.991. The minimum Gasteiger partial charge on any atom is -0.391 e. The van der Waals surface area contributed by atoms with E-state index in [-0.39, 0.29) is 4.90 Å². The Morgan fingerprint density at radius 3 is 2.86 bits per heavy atom. The van der Waals surface area contributed by atoms with Crippen molar-refractivity contribution in [3.63, 3.8) is 0 Å². The molecule has 6 nitrogen and oxygen atoms in total. The number of aliphatic hydroxyl groups excluding tert-OH is 1. The van der Waals surface area contributed by atoms with Gasteiger partial charge in [-0.05, 0) is 25.0 Å². The summed E-state index contributed by atoms with van der Waals surface area (Å²) in [6.45, 7) is 0. The first-order valence-electron chi connectivity index (χ1n) is 6.99. The van der Waals surface area contributed by atoms with Crippen molar-refractivity contribution in [2.24, 2.45) is 8.73 Å². The second-order valence-electron chi connectivity index (χ2n) is 5.32. The van der Waals surface area contributed by atoms with Crippen LogP contribution in [-0.2, 0) is 21.4 Å². The minimum absolute atomic E-state index is 0.130. The van der Waals surface area contributed by atoms with Crippen LogP contribution in [0.5, 0.6) is 0 Å². The molecule has 114 valence electrons. The molecule has 1 aromatic rings. The van der Waals surface area contributed by atoms with Crippen molar-refractivity contribution in [2.75, 3.05) is 0 Å². The molecule has 21 heavy (non-hydrogen) atoms. The van der Waals surface area contributed by atoms with E-state index in [4.69, 9.17) is 0 Å². The van der Waals surface area contributed by atoms with E-state index in [9.17, 15) is 13.5 Å². The number of rotatable bonds is 3. The quantitative estimate of drug-likeness (QED) is 0.848. The molecule has 2 N–H and O–H groups in total. The number of nitrogens with one attached hydrogen (secondary N) is 1. The van der Waals surface area contributed by atoms with Gasteiger partial charge in [0.2, 0.25) is 10.0 Å². The van der Waals surface area contributed by atoms with Gasteiger partial charge in [0.25, 0.3) is 0 Å². The van der Waals surface area contributed by atoms with Gasteiger partial charge in [-0.1, -0.05) is 25.3 Å². The Kier molecular flexibility index (Phi) is 4.21. The predicted molar refractivity (Wildman–Crippen MR) is 81.2 cm³/mol. The smallest absolute Gasteiger partial charge is 0.243 e. The zero-order chi connectivity index (χ0) is 14.9. The fourth-order valence-electron chi connectivity index (χ4n) is 2.69. The summed E-state index contributed by atoms with van der Waals surface area (Å²) in [6.07, 6.45) is 3.55. The number of fused-ring (bicyclic) bond motifs is 1. The molecule has 8 heteroatoms. The van der Waals surface area contributed by atoms with Gasteiger partial charge in [0.1, 0.15) is 16.3 Å². The molecule has 0 saturated heterocycles. The van der Waals surface area contributed by atoms with Crippen molar-refractivity contribution in [3.8, 4) is 0 Å². The average molecular weight is 327 g/mol. The Labute approximate surface area is 127 Å². The number of hydrogen-bond acceptors (Lipinski definition) is 5. The fourth-order valence-corrected chi connectivity index (χ4v) is 4.76. The third-order valence-corrected chi connectivity index (χ3v) is 5.89. The van der Waals surface area contributed by atoms with Gasteiger partial charge in [0, 0.05) is 6.04 Å². The van der Waals surface area contributed by atoms with Crippen molar-refractivity contribution in [1.29, 1.82) is 0 Å². The second kappa shape index (κ2) is 5.96. The van der Waals surface area contributed by atoms with Crippen molar-refractivity contribution < 1.29 is 13.5 Å². The third-order valence-electron chi connectivity index (χ3n) is 3.82. The van der Waals surface area contributed by atoms with Crippen molar-refractivity contribution in [3.05, 3.63) is 18.2 Å². The molecule has 1 saturated carbocycles. The van der Waals surface area contributed by atoms with Gasteiger partial charge in [-0.2, -0.15) is 8.73 Å². The number of aliphatic hydroxyl groups is 1. The first kappa shape index (κ1) is 14.8. The summed E-state index contributed by atoms with van der Waals surface area (Å²) in [6, 6.07) is 4.48. The summed E-state index contributed by atoms with van der Waals surface area (Å²) in [5.74, 6) is 0. The van der Waals surface area contributed by atoms with E-state index in [1.807, 2.05) is 0 Å². The van der Waals surface area contributed by atoms with Gasteiger partial charge in [-0.25, -0.2) is 13.1 Å². The number of hydrogen-bond donors (Lipinski definition) is 2. The molecule has 1 aromatic carbocycles. The van der Waals surface area contributed by atoms with E-state index < -0.39 is 22.2 Å². The zero-order valence-electron chi connectivity index (χ0n) is 11.4. The lowest BCUT2D eigenvalue weighted by Gasteiger charge is -2.21. The third kappa shape index (κ3) is 3.08. The molecule has 0 spiro atoms. The largest absolute Gasteiger partial charge is 0.391 e. The van der Waals surface area contributed by atoms with Crippen molar-refractivity contribution in [1.82, 2.24) is 4.72 Å². The van der Waals surface area contributed by atoms with E-state index in [1.165, 1.54) is 6.07 Å². The van der Waals surface area contributed by atoms with E-state index in [2.05, 4.69) is 13.4 Å². The molecular formula is C13H17N3O3S2. The first-order chi connectivity index (χ1) is 10.1. The van der Waals surface area contributed by atoms with Gasteiger partial charge in [0.15, 0.2) is 0 Å². The number of benzene rings is 1. The molecule has 1 aliphatic carbocycles. The molecule has 0 radical (unpaired) electrons. The van der Waals surface area contributed by atoms with Gasteiger partial charge in [-0.3, -0.25) is 0 Å². The molecule has 0 aromatic heterocycles. The van der Waals surface area contributed by atoms with Crippen LogP contribution in [-0.4, -0.2) is 25.7 Å². The first-order valence-corrected chi connectivity index (χ1v) is 9.21. The van der Waals surface area contributed by atoms with Gasteiger partial charge < -0.3 is 5.11 Å². The van der Waals surface area contributed by atoms with Crippen LogP contribution < -0.4 is 4.72 Å². The van der Waals surface area contributed by atoms with Crippen LogP contribution in [0.25, 0.3) is 0 Å². The van der Waals surface area contributed by atoms with Crippen LogP contribution >= 0.6 is 0 Å². The topological polar surface area (TPSA) is 91.1 Å². The lowest BCUT2D eigenvalue weighted by molar-refractivity contribution is 0.130. The lowest BCUT2D eigenvalue weighted by Crippen LogP contribution is -2.42. The molecule has 3 rings (SSSR count). The van der Waals surface area contributed by atoms with Crippen LogP contribution in [0.2, 0.25) is 0 Å². The molecule has 2 atom stereocenters. The summed E-state index contributed by atoms with van der Waals surface area (Å²) in [5.41, 5.74) is 0.961.